The monoisotopic (exact) mass is 451 g/mol. The van der Waals surface area contributed by atoms with Crippen molar-refractivity contribution in [2.24, 2.45) is 0 Å². The van der Waals surface area contributed by atoms with E-state index in [9.17, 15) is 5.11 Å². The molecule has 4 nitrogen and oxygen atoms in total. The lowest BCUT2D eigenvalue weighted by atomic mass is 9.95. The van der Waals surface area contributed by atoms with E-state index in [-0.39, 0.29) is 18.4 Å². The number of para-hydroxylation sites is 1. The third-order valence-corrected chi connectivity index (χ3v) is 6.99. The first-order chi connectivity index (χ1) is 16.5. The molecule has 4 heteroatoms. The molecule has 0 spiro atoms. The van der Waals surface area contributed by atoms with Gasteiger partial charge in [-0.2, -0.15) is 0 Å². The summed E-state index contributed by atoms with van der Waals surface area (Å²) in [4.78, 5) is 2.27. The first-order valence-corrected chi connectivity index (χ1v) is 12.0. The number of nitrogens with zero attached hydrogens (tertiary/aromatic N) is 1. The Kier molecular flexibility index (Phi) is 5.09. The van der Waals surface area contributed by atoms with Crippen LogP contribution in [0.4, 0.5) is 0 Å². The largest absolute Gasteiger partial charge is 0.455 e. The zero-order valence-corrected chi connectivity index (χ0v) is 19.7. The molecule has 6 rings (SSSR count). The molecule has 3 heterocycles. The van der Waals surface area contributed by atoms with Gasteiger partial charge < -0.3 is 19.2 Å². The second-order valence-electron chi connectivity index (χ2n) is 9.58. The summed E-state index contributed by atoms with van der Waals surface area (Å²) in [6.45, 7) is 5.93. The van der Waals surface area contributed by atoms with Crippen molar-refractivity contribution in [2.45, 2.75) is 51.7 Å². The van der Waals surface area contributed by atoms with Gasteiger partial charge in [-0.3, -0.25) is 0 Å². The Morgan fingerprint density at radius 2 is 1.76 bits per heavy atom. The number of hydrogen-bond acceptors (Lipinski definition) is 4. The zero-order chi connectivity index (χ0) is 23.4. The Bertz CT molecular complexity index is 1430. The summed E-state index contributed by atoms with van der Waals surface area (Å²) < 4.78 is 13.1. The number of ether oxygens (including phenoxy) is 1. The molecule has 3 aromatic carbocycles. The van der Waals surface area contributed by atoms with E-state index in [4.69, 9.17) is 9.15 Å². The van der Waals surface area contributed by atoms with Crippen molar-refractivity contribution in [2.75, 3.05) is 0 Å². The van der Waals surface area contributed by atoms with Crippen molar-refractivity contribution < 1.29 is 14.3 Å². The van der Waals surface area contributed by atoms with Crippen molar-refractivity contribution >= 4 is 27.5 Å². The molecule has 4 aromatic rings. The van der Waals surface area contributed by atoms with E-state index in [1.165, 1.54) is 16.7 Å². The molecule has 0 amide bonds. The van der Waals surface area contributed by atoms with E-state index >= 15 is 0 Å². The molecule has 0 aliphatic carbocycles. The van der Waals surface area contributed by atoms with Crippen molar-refractivity contribution in [1.29, 1.82) is 0 Å². The van der Waals surface area contributed by atoms with Crippen LogP contribution in [-0.2, 0) is 4.74 Å². The standard InChI is InChI=1S/C30H29NO3/c1-18-8-7-11-23-24-12-13-25-27(29(24)34-28(18)23)26-17-22(21-9-5-4-6-10-21)14-15-31(26)30(25)33-20(3)16-19(2)32/h4-15,17,19-20,26,30,32H,16H2,1-3H3/t19?,20?,26?,30-/m1/s1. The fraction of sp³-hybridized carbons (Fsp3) is 0.267. The average Bonchev–Trinajstić information content (AvgIpc) is 3.36. The van der Waals surface area contributed by atoms with Crippen molar-refractivity contribution in [3.05, 3.63) is 101 Å². The number of aliphatic hydroxyl groups is 1. The molecule has 0 radical (unpaired) electrons. The fourth-order valence-corrected chi connectivity index (χ4v) is 5.47. The molecule has 2 aliphatic rings. The van der Waals surface area contributed by atoms with Crippen LogP contribution in [0.3, 0.4) is 0 Å². The van der Waals surface area contributed by atoms with E-state index in [2.05, 4.69) is 84.8 Å². The Hall–Kier alpha value is -3.34. The molecule has 0 saturated carbocycles. The Morgan fingerprint density at radius 3 is 2.56 bits per heavy atom. The number of furan rings is 1. The first kappa shape index (κ1) is 21.2. The lowest BCUT2D eigenvalue weighted by Gasteiger charge is -2.32. The van der Waals surface area contributed by atoms with Gasteiger partial charge in [0.2, 0.25) is 0 Å². The number of fused-ring (bicyclic) bond motifs is 7. The second-order valence-corrected chi connectivity index (χ2v) is 9.58. The summed E-state index contributed by atoms with van der Waals surface area (Å²) in [5.41, 5.74) is 7.70. The van der Waals surface area contributed by atoms with E-state index in [1.54, 1.807) is 6.92 Å². The van der Waals surface area contributed by atoms with Gasteiger partial charge in [0, 0.05) is 28.1 Å². The van der Waals surface area contributed by atoms with Crippen LogP contribution in [-0.4, -0.2) is 22.2 Å². The van der Waals surface area contributed by atoms with E-state index in [0.717, 1.165) is 33.1 Å². The Morgan fingerprint density at radius 1 is 0.971 bits per heavy atom. The molecule has 172 valence electrons. The number of benzene rings is 3. The van der Waals surface area contributed by atoms with Gasteiger partial charge in [-0.15, -0.1) is 0 Å². The molecule has 0 bridgehead atoms. The topological polar surface area (TPSA) is 45.8 Å². The summed E-state index contributed by atoms with van der Waals surface area (Å²) >= 11 is 0. The third kappa shape index (κ3) is 3.37. The number of hydrogen-bond donors (Lipinski definition) is 1. The van der Waals surface area contributed by atoms with Crippen LogP contribution in [0, 0.1) is 6.92 Å². The lowest BCUT2D eigenvalue weighted by molar-refractivity contribution is -0.0877. The maximum absolute atomic E-state index is 9.90. The van der Waals surface area contributed by atoms with Gasteiger partial charge in [0.05, 0.1) is 18.2 Å². The second kappa shape index (κ2) is 8.15. The number of aliphatic hydroxyl groups excluding tert-OH is 1. The molecule has 0 fully saturated rings. The van der Waals surface area contributed by atoms with Crippen LogP contribution >= 0.6 is 0 Å². The highest BCUT2D eigenvalue weighted by molar-refractivity contribution is 6.07. The van der Waals surface area contributed by atoms with Gasteiger partial charge in [0.15, 0.2) is 6.23 Å². The van der Waals surface area contributed by atoms with Gasteiger partial charge in [0.25, 0.3) is 0 Å². The SMILES string of the molecule is Cc1cccc2c1oc1c3c(ccc12)[C@@H](OC(C)CC(C)O)N1C=CC(c2ccccc2)=CC31. The van der Waals surface area contributed by atoms with Gasteiger partial charge in [-0.1, -0.05) is 60.7 Å². The molecule has 34 heavy (non-hydrogen) atoms. The Labute approximate surface area is 199 Å². The molecule has 3 unspecified atom stereocenters. The summed E-state index contributed by atoms with van der Waals surface area (Å²) in [5.74, 6) is 0. The lowest BCUT2D eigenvalue weighted by Crippen LogP contribution is -2.27. The van der Waals surface area contributed by atoms with Crippen LogP contribution in [0.5, 0.6) is 0 Å². The molecule has 1 aromatic heterocycles. The quantitative estimate of drug-likeness (QED) is 0.354. The zero-order valence-electron chi connectivity index (χ0n) is 19.7. The molecular formula is C30H29NO3. The summed E-state index contributed by atoms with van der Waals surface area (Å²) in [5, 5.41) is 12.2. The number of rotatable bonds is 5. The van der Waals surface area contributed by atoms with Gasteiger partial charge >= 0.3 is 0 Å². The average molecular weight is 452 g/mol. The predicted molar refractivity (Wildman–Crippen MR) is 136 cm³/mol. The highest BCUT2D eigenvalue weighted by Gasteiger charge is 2.41. The molecule has 4 atom stereocenters. The minimum Gasteiger partial charge on any atom is -0.455 e. The minimum atomic E-state index is -0.408. The molecule has 2 aliphatic heterocycles. The normalized spacial score (nSPS) is 20.9. The maximum Gasteiger partial charge on any atom is 0.157 e. The van der Waals surface area contributed by atoms with Crippen molar-refractivity contribution in [3.8, 4) is 0 Å². The van der Waals surface area contributed by atoms with Crippen molar-refractivity contribution in [1.82, 2.24) is 4.90 Å². The van der Waals surface area contributed by atoms with Crippen LogP contribution < -0.4 is 0 Å². The number of allylic oxidation sites excluding steroid dienone is 2. The van der Waals surface area contributed by atoms with Gasteiger partial charge in [0.1, 0.15) is 11.2 Å². The van der Waals surface area contributed by atoms with Crippen LogP contribution in [0.15, 0.2) is 83.4 Å². The maximum atomic E-state index is 9.90. The van der Waals surface area contributed by atoms with Gasteiger partial charge in [-0.05, 0) is 56.0 Å². The fourth-order valence-electron chi connectivity index (χ4n) is 5.47. The molecule has 0 saturated heterocycles. The summed E-state index contributed by atoms with van der Waals surface area (Å²) in [6, 6.07) is 21.2. The third-order valence-electron chi connectivity index (χ3n) is 6.99. The summed E-state index contributed by atoms with van der Waals surface area (Å²) in [6.07, 6.45) is 6.48. The van der Waals surface area contributed by atoms with Crippen LogP contribution in [0.1, 0.15) is 54.8 Å². The van der Waals surface area contributed by atoms with E-state index < -0.39 is 6.10 Å². The highest BCUT2D eigenvalue weighted by Crippen LogP contribution is 2.51. The van der Waals surface area contributed by atoms with E-state index in [0.29, 0.717) is 6.42 Å². The smallest absolute Gasteiger partial charge is 0.157 e. The van der Waals surface area contributed by atoms with Crippen molar-refractivity contribution in [3.63, 3.8) is 0 Å². The minimum absolute atomic E-state index is 0.00326. The van der Waals surface area contributed by atoms with Gasteiger partial charge in [-0.25, -0.2) is 0 Å². The summed E-state index contributed by atoms with van der Waals surface area (Å²) in [7, 11) is 0. The Balaban J connectivity index is 1.53. The number of aryl methyl sites for hydroxylation is 1. The molecular weight excluding hydrogens is 422 g/mol. The molecule has 1 N–H and O–H groups in total. The van der Waals surface area contributed by atoms with Crippen LogP contribution in [0.25, 0.3) is 27.5 Å². The van der Waals surface area contributed by atoms with Crippen LogP contribution in [0.2, 0.25) is 0 Å². The predicted octanol–water partition coefficient (Wildman–Crippen LogP) is 7.04. The first-order valence-electron chi connectivity index (χ1n) is 12.0. The van der Waals surface area contributed by atoms with E-state index in [1.807, 2.05) is 13.0 Å². The highest BCUT2D eigenvalue weighted by atomic mass is 16.5.